The molecule has 29 heavy (non-hydrogen) atoms. The molecule has 3 aromatic carbocycles. The summed E-state index contributed by atoms with van der Waals surface area (Å²) in [5, 5.41) is 14.6. The summed E-state index contributed by atoms with van der Waals surface area (Å²) in [6.07, 6.45) is 0.663. The Morgan fingerprint density at radius 3 is 2.41 bits per heavy atom. The Kier molecular flexibility index (Phi) is 6.50. The highest BCUT2D eigenvalue weighted by molar-refractivity contribution is 6.01. The monoisotopic (exact) mass is 391 g/mol. The third-order valence-electron chi connectivity index (χ3n) is 4.87. The van der Waals surface area contributed by atoms with Crippen LogP contribution in [0.1, 0.15) is 36.2 Å². The van der Waals surface area contributed by atoms with Gasteiger partial charge in [0.15, 0.2) is 6.10 Å². The van der Waals surface area contributed by atoms with E-state index in [1.807, 2.05) is 37.3 Å². The van der Waals surface area contributed by atoms with E-state index in [1.165, 1.54) is 18.6 Å². The van der Waals surface area contributed by atoms with E-state index < -0.39 is 12.1 Å². The standard InChI is InChI=1S/C24H25NO4/c1-16(12-13-18-8-4-3-5-9-18)25-23(27)17(2)29-24(28)21-15-14-19-10-6-7-11-20(19)22(21)26/h3-11,14-17,26H,12-13H2,1-2H3,(H,25,27)/t16-,17+/m0/s1. The summed E-state index contributed by atoms with van der Waals surface area (Å²) >= 11 is 0. The quantitative estimate of drug-likeness (QED) is 0.591. The van der Waals surface area contributed by atoms with Crippen LogP contribution in [0.4, 0.5) is 0 Å². The third-order valence-corrected chi connectivity index (χ3v) is 4.87. The van der Waals surface area contributed by atoms with Gasteiger partial charge in [-0.1, -0.05) is 60.7 Å². The molecule has 1 amide bonds. The molecule has 3 aromatic rings. The number of hydrogen-bond donors (Lipinski definition) is 2. The number of fused-ring (bicyclic) bond motifs is 1. The van der Waals surface area contributed by atoms with E-state index in [9.17, 15) is 14.7 Å². The van der Waals surface area contributed by atoms with E-state index in [4.69, 9.17) is 4.74 Å². The second-order valence-corrected chi connectivity index (χ2v) is 7.16. The predicted molar refractivity (Wildman–Crippen MR) is 113 cm³/mol. The van der Waals surface area contributed by atoms with Gasteiger partial charge < -0.3 is 15.2 Å². The molecular formula is C24H25NO4. The maximum atomic E-state index is 12.5. The zero-order chi connectivity index (χ0) is 20.8. The zero-order valence-corrected chi connectivity index (χ0v) is 16.6. The van der Waals surface area contributed by atoms with Crippen molar-refractivity contribution >= 4 is 22.6 Å². The molecule has 0 radical (unpaired) electrons. The van der Waals surface area contributed by atoms with Crippen molar-refractivity contribution in [2.45, 2.75) is 38.8 Å². The smallest absolute Gasteiger partial charge is 0.342 e. The molecule has 0 fully saturated rings. The Morgan fingerprint density at radius 2 is 1.66 bits per heavy atom. The summed E-state index contributed by atoms with van der Waals surface area (Å²) in [4.78, 5) is 24.8. The SMILES string of the molecule is C[C@@H](CCc1ccccc1)NC(=O)[C@@H](C)OC(=O)c1ccc2ccccc2c1O. The molecule has 0 aromatic heterocycles. The summed E-state index contributed by atoms with van der Waals surface area (Å²) in [5.41, 5.74) is 1.25. The second-order valence-electron chi connectivity index (χ2n) is 7.16. The van der Waals surface area contributed by atoms with Gasteiger partial charge in [0.05, 0.1) is 0 Å². The van der Waals surface area contributed by atoms with E-state index in [0.717, 1.165) is 18.2 Å². The normalized spacial score (nSPS) is 12.9. The molecule has 0 aliphatic heterocycles. The van der Waals surface area contributed by atoms with Crippen LogP contribution in [0.3, 0.4) is 0 Å². The van der Waals surface area contributed by atoms with Gasteiger partial charge in [0, 0.05) is 11.4 Å². The zero-order valence-electron chi connectivity index (χ0n) is 16.6. The van der Waals surface area contributed by atoms with Gasteiger partial charge in [0.25, 0.3) is 5.91 Å². The first-order chi connectivity index (χ1) is 14.0. The molecular weight excluding hydrogens is 366 g/mol. The van der Waals surface area contributed by atoms with E-state index in [0.29, 0.717) is 5.39 Å². The number of ether oxygens (including phenoxy) is 1. The Labute approximate surface area is 170 Å². The number of nitrogens with one attached hydrogen (secondary N) is 1. The van der Waals surface area contributed by atoms with Gasteiger partial charge in [-0.3, -0.25) is 4.79 Å². The fraction of sp³-hybridized carbons (Fsp3) is 0.250. The molecule has 150 valence electrons. The number of carbonyl (C=O) groups excluding carboxylic acids is 2. The van der Waals surface area contributed by atoms with Crippen molar-refractivity contribution < 1.29 is 19.4 Å². The first-order valence-corrected chi connectivity index (χ1v) is 9.71. The molecule has 3 rings (SSSR count). The van der Waals surface area contributed by atoms with Crippen molar-refractivity contribution in [1.82, 2.24) is 5.32 Å². The van der Waals surface area contributed by atoms with Gasteiger partial charge in [-0.25, -0.2) is 4.79 Å². The van der Waals surface area contributed by atoms with Crippen molar-refractivity contribution in [3.8, 4) is 5.75 Å². The lowest BCUT2D eigenvalue weighted by atomic mass is 10.1. The van der Waals surface area contributed by atoms with E-state index in [1.54, 1.807) is 18.2 Å². The summed E-state index contributed by atoms with van der Waals surface area (Å²) in [6, 6.07) is 20.4. The summed E-state index contributed by atoms with van der Waals surface area (Å²) < 4.78 is 5.28. The minimum Gasteiger partial charge on any atom is -0.506 e. The van der Waals surface area contributed by atoms with E-state index in [-0.39, 0.29) is 23.3 Å². The van der Waals surface area contributed by atoms with Crippen molar-refractivity contribution in [3.05, 3.63) is 77.9 Å². The van der Waals surface area contributed by atoms with Crippen LogP contribution in [0.2, 0.25) is 0 Å². The number of esters is 1. The molecule has 5 heteroatoms. The highest BCUT2D eigenvalue weighted by atomic mass is 16.5. The summed E-state index contributed by atoms with van der Waals surface area (Å²) in [7, 11) is 0. The molecule has 0 saturated heterocycles. The number of rotatable bonds is 7. The van der Waals surface area contributed by atoms with Crippen molar-refractivity contribution in [1.29, 1.82) is 0 Å². The van der Waals surface area contributed by atoms with Crippen LogP contribution in [0.15, 0.2) is 66.7 Å². The lowest BCUT2D eigenvalue weighted by Gasteiger charge is -2.18. The molecule has 0 bridgehead atoms. The van der Waals surface area contributed by atoms with Crippen LogP contribution in [0.25, 0.3) is 10.8 Å². The second kappa shape index (κ2) is 9.24. The molecule has 0 saturated carbocycles. The molecule has 0 spiro atoms. The van der Waals surface area contributed by atoms with Gasteiger partial charge in [0.2, 0.25) is 0 Å². The summed E-state index contributed by atoms with van der Waals surface area (Å²) in [6.45, 7) is 3.44. The molecule has 0 aliphatic carbocycles. The topological polar surface area (TPSA) is 75.6 Å². The Bertz CT molecular complexity index is 1000. The van der Waals surface area contributed by atoms with Crippen LogP contribution in [-0.4, -0.2) is 29.1 Å². The van der Waals surface area contributed by atoms with Crippen molar-refractivity contribution in [2.75, 3.05) is 0 Å². The largest absolute Gasteiger partial charge is 0.506 e. The van der Waals surface area contributed by atoms with Gasteiger partial charge in [-0.15, -0.1) is 0 Å². The number of carbonyl (C=O) groups is 2. The lowest BCUT2D eigenvalue weighted by molar-refractivity contribution is -0.129. The van der Waals surface area contributed by atoms with Gasteiger partial charge in [-0.05, 0) is 43.7 Å². The minimum atomic E-state index is -0.965. The van der Waals surface area contributed by atoms with E-state index in [2.05, 4.69) is 17.4 Å². The van der Waals surface area contributed by atoms with Crippen LogP contribution >= 0.6 is 0 Å². The predicted octanol–water partition coefficient (Wildman–Crippen LogP) is 4.23. The lowest BCUT2D eigenvalue weighted by Crippen LogP contribution is -2.41. The molecule has 2 atom stereocenters. The molecule has 5 nitrogen and oxygen atoms in total. The minimum absolute atomic E-state index is 0.0421. The molecule has 0 aliphatic rings. The highest BCUT2D eigenvalue weighted by Crippen LogP contribution is 2.29. The first kappa shape index (κ1) is 20.4. The Morgan fingerprint density at radius 1 is 0.966 bits per heavy atom. The van der Waals surface area contributed by atoms with Crippen LogP contribution in [-0.2, 0) is 16.0 Å². The number of phenolic OH excluding ortho intramolecular Hbond substituents is 1. The first-order valence-electron chi connectivity index (χ1n) is 9.71. The van der Waals surface area contributed by atoms with Gasteiger partial charge >= 0.3 is 5.97 Å². The van der Waals surface area contributed by atoms with Crippen molar-refractivity contribution in [3.63, 3.8) is 0 Å². The number of aromatic hydroxyl groups is 1. The maximum Gasteiger partial charge on any atom is 0.342 e. The number of hydrogen-bond acceptors (Lipinski definition) is 4. The van der Waals surface area contributed by atoms with Crippen LogP contribution < -0.4 is 5.32 Å². The van der Waals surface area contributed by atoms with Crippen LogP contribution in [0.5, 0.6) is 5.75 Å². The van der Waals surface area contributed by atoms with Crippen molar-refractivity contribution in [2.24, 2.45) is 0 Å². The Hall–Kier alpha value is -3.34. The number of amides is 1. The fourth-order valence-electron chi connectivity index (χ4n) is 3.16. The number of phenols is 1. The number of aryl methyl sites for hydroxylation is 1. The van der Waals surface area contributed by atoms with Gasteiger partial charge in [0.1, 0.15) is 11.3 Å². The average Bonchev–Trinajstić information content (AvgIpc) is 2.73. The average molecular weight is 391 g/mol. The molecule has 0 heterocycles. The highest BCUT2D eigenvalue weighted by Gasteiger charge is 2.22. The molecule has 0 unspecified atom stereocenters. The molecule has 2 N–H and O–H groups in total. The third kappa shape index (κ3) is 5.13. The van der Waals surface area contributed by atoms with E-state index >= 15 is 0 Å². The number of benzene rings is 3. The van der Waals surface area contributed by atoms with Gasteiger partial charge in [-0.2, -0.15) is 0 Å². The van der Waals surface area contributed by atoms with Crippen LogP contribution in [0, 0.1) is 0 Å². The Balaban J connectivity index is 1.56. The fourth-order valence-corrected chi connectivity index (χ4v) is 3.16. The summed E-state index contributed by atoms with van der Waals surface area (Å²) in [5.74, 6) is -1.23. The maximum absolute atomic E-state index is 12.5.